The zero-order chi connectivity index (χ0) is 30.1. The highest BCUT2D eigenvalue weighted by molar-refractivity contribution is 7.26. The highest BCUT2D eigenvalue weighted by Crippen LogP contribution is 2.43. The Morgan fingerprint density at radius 2 is 1.33 bits per heavy atom. The third-order valence-corrected chi connectivity index (χ3v) is 9.99. The number of nitrogens with two attached hydrogens (primary N) is 2. The maximum absolute atomic E-state index is 7.28. The van der Waals surface area contributed by atoms with Crippen LogP contribution in [0, 0.1) is 0 Å². The van der Waals surface area contributed by atoms with E-state index in [9.17, 15) is 0 Å². The summed E-state index contributed by atoms with van der Waals surface area (Å²) in [4.78, 5) is 5.08. The molecule has 216 valence electrons. The van der Waals surface area contributed by atoms with E-state index >= 15 is 0 Å². The summed E-state index contributed by atoms with van der Waals surface area (Å²) >= 11 is 1.80. The third kappa shape index (κ3) is 4.04. The van der Waals surface area contributed by atoms with Gasteiger partial charge in [0.1, 0.15) is 23.5 Å². The number of fused-ring (bicyclic) bond motifs is 10. The second kappa shape index (κ2) is 10.1. The van der Waals surface area contributed by atoms with Gasteiger partial charge in [0.15, 0.2) is 0 Å². The van der Waals surface area contributed by atoms with E-state index < -0.39 is 12.3 Å². The molecule has 45 heavy (non-hydrogen) atoms. The summed E-state index contributed by atoms with van der Waals surface area (Å²) in [5, 5.41) is 6.74. The van der Waals surface area contributed by atoms with Gasteiger partial charge in [0.2, 0.25) is 0 Å². The Labute approximate surface area is 262 Å². The number of rotatable bonds is 5. The number of aliphatic imine (C=N–C) groups is 1. The molecule has 5 nitrogen and oxygen atoms in total. The molecule has 0 saturated carbocycles. The molecule has 0 aliphatic carbocycles. The highest BCUT2D eigenvalue weighted by atomic mass is 32.1. The first kappa shape index (κ1) is 26.2. The van der Waals surface area contributed by atoms with Crippen molar-refractivity contribution in [3.8, 4) is 0 Å². The van der Waals surface area contributed by atoms with Crippen molar-refractivity contribution in [1.82, 2.24) is 4.57 Å². The van der Waals surface area contributed by atoms with Crippen molar-refractivity contribution in [3.05, 3.63) is 145 Å². The molecule has 0 fully saturated rings. The van der Waals surface area contributed by atoms with E-state index in [-0.39, 0.29) is 0 Å². The topological polar surface area (TPSA) is 82.5 Å². The maximum Gasteiger partial charge on any atom is 0.144 e. The molecular weight excluding hydrogens is 573 g/mol. The number of thiophene rings is 1. The van der Waals surface area contributed by atoms with E-state index in [1.54, 1.807) is 11.3 Å². The fraction of sp³-hybridized carbons (Fsp3) is 0.0513. The fourth-order valence-electron chi connectivity index (χ4n) is 6.76. The van der Waals surface area contributed by atoms with Crippen LogP contribution in [-0.2, 0) is 0 Å². The molecule has 0 aliphatic heterocycles. The average molecular weight is 601 g/mol. The van der Waals surface area contributed by atoms with Crippen LogP contribution in [0.25, 0.3) is 63.9 Å². The summed E-state index contributed by atoms with van der Waals surface area (Å²) in [6.07, 6.45) is -1.17. The van der Waals surface area contributed by atoms with Crippen LogP contribution in [0.4, 0.5) is 0 Å². The largest absolute Gasteiger partial charge is 0.455 e. The van der Waals surface area contributed by atoms with Gasteiger partial charge < -0.3 is 20.5 Å². The summed E-state index contributed by atoms with van der Waals surface area (Å²) < 4.78 is 11.4. The number of nitrogens with zero attached hydrogens (tertiary/aromatic N) is 2. The lowest BCUT2D eigenvalue weighted by atomic mass is 10.1. The molecule has 0 amide bonds. The van der Waals surface area contributed by atoms with Gasteiger partial charge >= 0.3 is 0 Å². The first-order valence-corrected chi connectivity index (χ1v) is 15.9. The van der Waals surface area contributed by atoms with Crippen molar-refractivity contribution in [1.29, 1.82) is 0 Å². The Balaban J connectivity index is 1.31. The van der Waals surface area contributed by atoms with Crippen LogP contribution in [-0.4, -0.2) is 10.3 Å². The van der Waals surface area contributed by atoms with Crippen LogP contribution >= 0.6 is 11.3 Å². The fourth-order valence-corrected chi connectivity index (χ4v) is 7.86. The maximum atomic E-state index is 7.28. The van der Waals surface area contributed by atoms with Crippen molar-refractivity contribution in [2.45, 2.75) is 12.3 Å². The number of para-hydroxylation sites is 1. The molecule has 0 spiro atoms. The molecule has 3 aromatic heterocycles. The van der Waals surface area contributed by atoms with Crippen molar-refractivity contribution in [3.63, 3.8) is 0 Å². The van der Waals surface area contributed by atoms with Crippen LogP contribution in [0.15, 0.2) is 143 Å². The van der Waals surface area contributed by atoms with Gasteiger partial charge in [-0.05, 0) is 47.5 Å². The number of hydrogen-bond donors (Lipinski definition) is 2. The number of hydrogen-bond acceptors (Lipinski definition) is 5. The monoisotopic (exact) mass is 600 g/mol. The molecule has 6 aromatic carbocycles. The summed E-state index contributed by atoms with van der Waals surface area (Å²) in [6, 6.07) is 45.8. The van der Waals surface area contributed by atoms with Gasteiger partial charge in [0, 0.05) is 41.7 Å². The zero-order valence-electron chi connectivity index (χ0n) is 24.2. The molecule has 0 saturated heterocycles. The predicted octanol–water partition coefficient (Wildman–Crippen LogP) is 9.67. The molecule has 2 atom stereocenters. The van der Waals surface area contributed by atoms with Gasteiger partial charge in [0.25, 0.3) is 0 Å². The number of aromatic nitrogens is 1. The SMILES string of the molecule is NC(/N=C(/c1ccccc1)[C@H](N)n1c2ccccc2c2cc3oc4c(ccc5sc6ccccc6c54)c3cc21)c1ccccc1. The van der Waals surface area contributed by atoms with Gasteiger partial charge in [-0.1, -0.05) is 97.1 Å². The van der Waals surface area contributed by atoms with Crippen molar-refractivity contribution in [2.75, 3.05) is 0 Å². The number of furan rings is 1. The van der Waals surface area contributed by atoms with Gasteiger partial charge in [-0.2, -0.15) is 0 Å². The minimum Gasteiger partial charge on any atom is -0.455 e. The van der Waals surface area contributed by atoms with Crippen molar-refractivity contribution < 1.29 is 4.42 Å². The molecule has 9 rings (SSSR count). The highest BCUT2D eigenvalue weighted by Gasteiger charge is 2.24. The first-order valence-electron chi connectivity index (χ1n) is 15.0. The Morgan fingerprint density at radius 3 is 2.16 bits per heavy atom. The zero-order valence-corrected chi connectivity index (χ0v) is 25.0. The molecular formula is C39H28N4OS. The molecule has 9 aromatic rings. The molecule has 0 aliphatic rings. The van der Waals surface area contributed by atoms with E-state index in [0.717, 1.165) is 60.6 Å². The van der Waals surface area contributed by atoms with Crippen LogP contribution in [0.2, 0.25) is 0 Å². The second-order valence-electron chi connectivity index (χ2n) is 11.4. The van der Waals surface area contributed by atoms with Crippen LogP contribution < -0.4 is 11.5 Å². The summed E-state index contributed by atoms with van der Waals surface area (Å²) in [6.45, 7) is 0. The average Bonchev–Trinajstić information content (AvgIpc) is 3.75. The predicted molar refractivity (Wildman–Crippen MR) is 189 cm³/mol. The van der Waals surface area contributed by atoms with Gasteiger partial charge in [-0.25, -0.2) is 0 Å². The van der Waals surface area contributed by atoms with Crippen molar-refractivity contribution in [2.24, 2.45) is 16.5 Å². The lowest BCUT2D eigenvalue weighted by Gasteiger charge is -2.21. The second-order valence-corrected chi connectivity index (χ2v) is 12.5. The van der Waals surface area contributed by atoms with Gasteiger partial charge in [0.05, 0.1) is 16.7 Å². The summed E-state index contributed by atoms with van der Waals surface area (Å²) in [7, 11) is 0. The standard InChI is InChI=1S/C39H28N4OS/c40-38(24-13-5-2-6-14-24)42-36(23-11-3-1-4-12-23)39(41)43-30-17-9-7-15-25(30)28-22-32-29(21-31(28)43)26-19-20-34-35(37(26)44-32)27-16-8-10-18-33(27)45-34/h1-22,38-39H,40-41H2/b42-36-/t38?,39-/m1/s1. The minimum atomic E-state index is -0.604. The van der Waals surface area contributed by atoms with Gasteiger partial charge in [-0.3, -0.25) is 4.99 Å². The van der Waals surface area contributed by atoms with E-state index in [4.69, 9.17) is 20.9 Å². The third-order valence-electron chi connectivity index (χ3n) is 8.86. The molecule has 1 unspecified atom stereocenters. The Morgan fingerprint density at radius 1 is 0.622 bits per heavy atom. The Bertz CT molecular complexity index is 2580. The molecule has 6 heteroatoms. The first-order chi connectivity index (χ1) is 22.2. The number of benzene rings is 6. The van der Waals surface area contributed by atoms with Crippen LogP contribution in [0.3, 0.4) is 0 Å². The van der Waals surface area contributed by atoms with E-state index in [1.165, 1.54) is 20.2 Å². The smallest absolute Gasteiger partial charge is 0.144 e. The van der Waals surface area contributed by atoms with Crippen LogP contribution in [0.1, 0.15) is 23.5 Å². The molecule has 0 bridgehead atoms. The lowest BCUT2D eigenvalue weighted by molar-refractivity contribution is 0.673. The van der Waals surface area contributed by atoms with E-state index in [1.807, 2.05) is 60.7 Å². The van der Waals surface area contributed by atoms with Crippen molar-refractivity contribution >= 4 is 81.0 Å². The Kier molecular flexibility index (Phi) is 5.90. The van der Waals surface area contributed by atoms with E-state index in [2.05, 4.69) is 77.4 Å². The molecule has 4 N–H and O–H groups in total. The van der Waals surface area contributed by atoms with E-state index in [0.29, 0.717) is 0 Å². The molecule has 0 radical (unpaired) electrons. The van der Waals surface area contributed by atoms with Crippen LogP contribution in [0.5, 0.6) is 0 Å². The Hall–Kier alpha value is -5.27. The lowest BCUT2D eigenvalue weighted by Crippen LogP contribution is -2.30. The normalized spacial score (nSPS) is 14.0. The van der Waals surface area contributed by atoms with Gasteiger partial charge in [-0.15, -0.1) is 11.3 Å². The quantitative estimate of drug-likeness (QED) is 0.193. The summed E-state index contributed by atoms with van der Waals surface area (Å²) in [5.74, 6) is 0. The summed E-state index contributed by atoms with van der Waals surface area (Å²) in [5.41, 5.74) is 20.4. The minimum absolute atomic E-state index is 0.562. The molecule has 3 heterocycles.